The van der Waals surface area contributed by atoms with Crippen LogP contribution in [-0.4, -0.2) is 19.5 Å². The highest BCUT2D eigenvalue weighted by molar-refractivity contribution is 6.34. The first-order chi connectivity index (χ1) is 9.83. The average molecular weight is 281 g/mol. The van der Waals surface area contributed by atoms with Crippen LogP contribution in [0.4, 0.5) is 0 Å². The van der Waals surface area contributed by atoms with Gasteiger partial charge in [-0.2, -0.15) is 0 Å². The number of halogens is 1. The van der Waals surface area contributed by atoms with Gasteiger partial charge in [0, 0.05) is 40.9 Å². The molecule has 20 heavy (non-hydrogen) atoms. The zero-order chi connectivity index (χ0) is 13.5. The third kappa shape index (κ3) is 1.66. The van der Waals surface area contributed by atoms with Gasteiger partial charge in [-0.25, -0.2) is 9.97 Å². The number of aromatic nitrogens is 4. The Labute approximate surface area is 119 Å². The summed E-state index contributed by atoms with van der Waals surface area (Å²) in [5.74, 6) is 0.801. The van der Waals surface area contributed by atoms with E-state index in [0.29, 0.717) is 5.15 Å². The molecule has 0 N–H and O–H groups in total. The van der Waals surface area contributed by atoms with Crippen LogP contribution in [0.1, 0.15) is 0 Å². The summed E-state index contributed by atoms with van der Waals surface area (Å²) in [5.41, 5.74) is 1.01. The quantitative estimate of drug-likeness (QED) is 0.500. The lowest BCUT2D eigenvalue weighted by Crippen LogP contribution is -1.96. The minimum Gasteiger partial charge on any atom is -0.300 e. The third-order valence-electron chi connectivity index (χ3n) is 3.33. The minimum atomic E-state index is 0.487. The van der Waals surface area contributed by atoms with Crippen LogP contribution in [0.5, 0.6) is 0 Å². The first-order valence-corrected chi connectivity index (χ1v) is 6.52. The van der Waals surface area contributed by atoms with Crippen LogP contribution in [0, 0.1) is 0 Å². The fraction of sp³-hybridized carbons (Fsp3) is 0. The lowest BCUT2D eigenvalue weighted by molar-refractivity contribution is 1.05. The molecule has 4 nitrogen and oxygen atoms in total. The summed E-state index contributed by atoms with van der Waals surface area (Å²) in [5, 5.41) is 3.48. The molecule has 0 aromatic carbocycles. The molecule has 0 unspecified atom stereocenters. The topological polar surface area (TPSA) is 43.6 Å². The minimum absolute atomic E-state index is 0.487. The summed E-state index contributed by atoms with van der Waals surface area (Å²) in [7, 11) is 0. The summed E-state index contributed by atoms with van der Waals surface area (Å²) in [4.78, 5) is 12.8. The van der Waals surface area contributed by atoms with Gasteiger partial charge in [-0.1, -0.05) is 11.6 Å². The Bertz CT molecular complexity index is 929. The van der Waals surface area contributed by atoms with Crippen LogP contribution >= 0.6 is 11.6 Å². The molecule has 4 rings (SSSR count). The third-order valence-corrected chi connectivity index (χ3v) is 3.63. The molecule has 0 bridgehead atoms. The maximum Gasteiger partial charge on any atom is 0.137 e. The van der Waals surface area contributed by atoms with Gasteiger partial charge in [-0.3, -0.25) is 9.55 Å². The second-order valence-corrected chi connectivity index (χ2v) is 4.84. The van der Waals surface area contributed by atoms with Crippen LogP contribution in [0.15, 0.2) is 55.2 Å². The van der Waals surface area contributed by atoms with E-state index in [1.165, 1.54) is 0 Å². The zero-order valence-electron chi connectivity index (χ0n) is 10.4. The first-order valence-electron chi connectivity index (χ1n) is 6.15. The van der Waals surface area contributed by atoms with Gasteiger partial charge in [0.05, 0.1) is 11.7 Å². The van der Waals surface area contributed by atoms with E-state index in [9.17, 15) is 0 Å². The van der Waals surface area contributed by atoms with Crippen molar-refractivity contribution in [2.45, 2.75) is 0 Å². The number of rotatable bonds is 1. The molecule has 0 amide bonds. The van der Waals surface area contributed by atoms with Crippen molar-refractivity contribution in [3.05, 3.63) is 60.4 Å². The highest BCUT2D eigenvalue weighted by Gasteiger charge is 2.07. The summed E-state index contributed by atoms with van der Waals surface area (Å²) in [6.07, 6.45) is 9.07. The molecule has 0 saturated carbocycles. The number of pyridine rings is 3. The summed E-state index contributed by atoms with van der Waals surface area (Å²) >= 11 is 6.15. The van der Waals surface area contributed by atoms with E-state index in [1.54, 1.807) is 18.6 Å². The van der Waals surface area contributed by atoms with Gasteiger partial charge < -0.3 is 0 Å². The molecule has 5 heteroatoms. The molecule has 0 aliphatic heterocycles. The lowest BCUT2D eigenvalue weighted by atomic mass is 10.2. The lowest BCUT2D eigenvalue weighted by Gasteiger charge is -2.06. The summed E-state index contributed by atoms with van der Waals surface area (Å²) in [6, 6.07) is 7.85. The Hall–Kier alpha value is -2.46. The molecule has 4 heterocycles. The standard InChI is InChI=1S/C15H9ClN4/c16-15-12-7-14(19-8-11(12)2-5-18-15)20-6-3-10-1-4-17-9-13(10)20/h1-9H. The van der Waals surface area contributed by atoms with Crippen molar-refractivity contribution in [1.82, 2.24) is 19.5 Å². The molecule has 0 atom stereocenters. The average Bonchev–Trinajstić information content (AvgIpc) is 2.91. The van der Waals surface area contributed by atoms with E-state index in [0.717, 1.165) is 27.5 Å². The number of hydrogen-bond donors (Lipinski definition) is 0. The fourth-order valence-corrected chi connectivity index (χ4v) is 2.54. The van der Waals surface area contributed by atoms with Crippen molar-refractivity contribution in [2.75, 3.05) is 0 Å². The Morgan fingerprint density at radius 2 is 1.85 bits per heavy atom. The smallest absolute Gasteiger partial charge is 0.137 e. The molecule has 4 aromatic heterocycles. The van der Waals surface area contributed by atoms with Crippen molar-refractivity contribution in [1.29, 1.82) is 0 Å². The van der Waals surface area contributed by atoms with Gasteiger partial charge in [0.1, 0.15) is 11.0 Å². The largest absolute Gasteiger partial charge is 0.300 e. The highest BCUT2D eigenvalue weighted by atomic mass is 35.5. The second-order valence-electron chi connectivity index (χ2n) is 4.49. The monoisotopic (exact) mass is 280 g/mol. The van der Waals surface area contributed by atoms with Crippen molar-refractivity contribution < 1.29 is 0 Å². The Balaban J connectivity index is 2.00. The Morgan fingerprint density at radius 3 is 2.80 bits per heavy atom. The van der Waals surface area contributed by atoms with Crippen molar-refractivity contribution in [3.63, 3.8) is 0 Å². The molecular formula is C15H9ClN4. The van der Waals surface area contributed by atoms with Crippen LogP contribution in [0.25, 0.3) is 27.5 Å². The first kappa shape index (κ1) is 11.4. The number of hydrogen-bond acceptors (Lipinski definition) is 3. The normalized spacial score (nSPS) is 11.2. The van der Waals surface area contributed by atoms with Crippen molar-refractivity contribution >= 4 is 33.3 Å². The van der Waals surface area contributed by atoms with E-state index in [-0.39, 0.29) is 0 Å². The Kier molecular flexibility index (Phi) is 2.44. The summed E-state index contributed by atoms with van der Waals surface area (Å²) in [6.45, 7) is 0. The SMILES string of the molecule is Clc1nccc2cnc(-n3ccc4ccncc43)cc12. The van der Waals surface area contributed by atoms with Gasteiger partial charge in [-0.15, -0.1) is 0 Å². The van der Waals surface area contributed by atoms with Gasteiger partial charge in [-0.05, 0) is 24.3 Å². The molecule has 0 spiro atoms. The predicted molar refractivity (Wildman–Crippen MR) is 79.2 cm³/mol. The van der Waals surface area contributed by atoms with E-state index < -0.39 is 0 Å². The Morgan fingerprint density at radius 1 is 0.950 bits per heavy atom. The van der Waals surface area contributed by atoms with Gasteiger partial charge in [0.2, 0.25) is 0 Å². The zero-order valence-corrected chi connectivity index (χ0v) is 11.1. The molecule has 0 saturated heterocycles. The van der Waals surface area contributed by atoms with Gasteiger partial charge >= 0.3 is 0 Å². The predicted octanol–water partition coefficient (Wildman–Crippen LogP) is 3.62. The molecule has 0 radical (unpaired) electrons. The van der Waals surface area contributed by atoms with E-state index in [1.807, 2.05) is 41.2 Å². The fourth-order valence-electron chi connectivity index (χ4n) is 2.32. The van der Waals surface area contributed by atoms with Crippen molar-refractivity contribution in [3.8, 4) is 5.82 Å². The van der Waals surface area contributed by atoms with Gasteiger partial charge in [0.15, 0.2) is 0 Å². The molecule has 0 aliphatic rings. The number of fused-ring (bicyclic) bond motifs is 2. The second kappa shape index (κ2) is 4.28. The van der Waals surface area contributed by atoms with Crippen LogP contribution in [0.3, 0.4) is 0 Å². The maximum atomic E-state index is 6.15. The van der Waals surface area contributed by atoms with Gasteiger partial charge in [0.25, 0.3) is 0 Å². The maximum absolute atomic E-state index is 6.15. The van der Waals surface area contributed by atoms with Crippen LogP contribution in [-0.2, 0) is 0 Å². The van der Waals surface area contributed by atoms with E-state index in [2.05, 4.69) is 15.0 Å². The van der Waals surface area contributed by atoms with Crippen LogP contribution < -0.4 is 0 Å². The summed E-state index contributed by atoms with van der Waals surface area (Å²) < 4.78 is 1.99. The van der Waals surface area contributed by atoms with Crippen LogP contribution in [0.2, 0.25) is 5.15 Å². The molecule has 0 aliphatic carbocycles. The molecule has 4 aromatic rings. The number of nitrogens with zero attached hydrogens (tertiary/aromatic N) is 4. The van der Waals surface area contributed by atoms with E-state index >= 15 is 0 Å². The molecule has 0 fully saturated rings. The highest BCUT2D eigenvalue weighted by Crippen LogP contribution is 2.24. The molecule has 96 valence electrons. The van der Waals surface area contributed by atoms with E-state index in [4.69, 9.17) is 11.6 Å². The van der Waals surface area contributed by atoms with Crippen molar-refractivity contribution in [2.24, 2.45) is 0 Å². The molecular weight excluding hydrogens is 272 g/mol.